The van der Waals surface area contributed by atoms with Crippen molar-refractivity contribution in [3.8, 4) is 11.8 Å². The van der Waals surface area contributed by atoms with Crippen LogP contribution in [0.25, 0.3) is 0 Å². The standard InChI is InChI=1S/C17H14N4O4/c1-11-6-7-14(16(22)8-11)19-10-12(9-18)17(23)20-13-4-2-3-5-15(13)21(24)25/h2-8,10,19,22H,1H3,(H,20,23)/b12-10-. The molecule has 3 N–H and O–H groups in total. The van der Waals surface area contributed by atoms with Crippen LogP contribution >= 0.6 is 0 Å². The molecule has 2 aromatic rings. The fraction of sp³-hybridized carbons (Fsp3) is 0.0588. The van der Waals surface area contributed by atoms with Gasteiger partial charge in [0.15, 0.2) is 0 Å². The van der Waals surface area contributed by atoms with Crippen LogP contribution in [0.3, 0.4) is 0 Å². The number of hydrogen-bond acceptors (Lipinski definition) is 6. The number of para-hydroxylation sites is 2. The predicted octanol–water partition coefficient (Wildman–Crippen LogP) is 3.07. The molecule has 0 saturated carbocycles. The highest BCUT2D eigenvalue weighted by atomic mass is 16.6. The van der Waals surface area contributed by atoms with E-state index in [9.17, 15) is 20.0 Å². The molecule has 0 fully saturated rings. The molecule has 0 unspecified atom stereocenters. The summed E-state index contributed by atoms with van der Waals surface area (Å²) in [5, 5.41) is 34.9. The number of benzene rings is 2. The number of carbonyl (C=O) groups excluding carboxylic acids is 1. The Hall–Kier alpha value is -3.86. The third-order valence-corrected chi connectivity index (χ3v) is 3.24. The minimum Gasteiger partial charge on any atom is -0.506 e. The summed E-state index contributed by atoms with van der Waals surface area (Å²) in [6, 6.07) is 12.2. The van der Waals surface area contributed by atoms with Gasteiger partial charge in [-0.05, 0) is 30.7 Å². The number of phenols is 1. The number of anilines is 2. The fourth-order valence-corrected chi connectivity index (χ4v) is 1.99. The molecule has 0 saturated heterocycles. The van der Waals surface area contributed by atoms with Gasteiger partial charge >= 0.3 is 0 Å². The summed E-state index contributed by atoms with van der Waals surface area (Å²) >= 11 is 0. The maximum atomic E-state index is 12.2. The van der Waals surface area contributed by atoms with E-state index < -0.39 is 10.8 Å². The highest BCUT2D eigenvalue weighted by molar-refractivity contribution is 6.07. The Morgan fingerprint density at radius 3 is 2.64 bits per heavy atom. The molecule has 8 heteroatoms. The van der Waals surface area contributed by atoms with Gasteiger partial charge in [0.1, 0.15) is 23.1 Å². The largest absolute Gasteiger partial charge is 0.506 e. The molecule has 0 aliphatic heterocycles. The molecule has 0 aliphatic rings. The van der Waals surface area contributed by atoms with E-state index in [-0.39, 0.29) is 22.7 Å². The minimum absolute atomic E-state index is 0.0168. The molecule has 2 aromatic carbocycles. The summed E-state index contributed by atoms with van der Waals surface area (Å²) in [6.45, 7) is 1.81. The molecule has 0 atom stereocenters. The first-order valence-electron chi connectivity index (χ1n) is 7.13. The lowest BCUT2D eigenvalue weighted by Gasteiger charge is -2.07. The maximum absolute atomic E-state index is 12.2. The van der Waals surface area contributed by atoms with Gasteiger partial charge < -0.3 is 15.7 Å². The van der Waals surface area contributed by atoms with Crippen molar-refractivity contribution in [1.29, 1.82) is 5.26 Å². The smallest absolute Gasteiger partial charge is 0.292 e. The molecule has 0 radical (unpaired) electrons. The second kappa shape index (κ2) is 7.61. The Balaban J connectivity index is 2.19. The van der Waals surface area contributed by atoms with Crippen molar-refractivity contribution in [2.24, 2.45) is 0 Å². The minimum atomic E-state index is -0.809. The Kier molecular flexibility index (Phi) is 5.32. The van der Waals surface area contributed by atoms with Gasteiger partial charge in [0, 0.05) is 12.3 Å². The van der Waals surface area contributed by atoms with Gasteiger partial charge in [0.25, 0.3) is 11.6 Å². The number of aryl methyl sites for hydroxylation is 1. The first-order chi connectivity index (χ1) is 11.9. The molecule has 25 heavy (non-hydrogen) atoms. The molecule has 1 amide bonds. The lowest BCUT2D eigenvalue weighted by Crippen LogP contribution is -2.15. The van der Waals surface area contributed by atoms with Gasteiger partial charge in [-0.3, -0.25) is 14.9 Å². The Morgan fingerprint density at radius 2 is 2.00 bits per heavy atom. The second-order valence-electron chi connectivity index (χ2n) is 5.06. The summed E-state index contributed by atoms with van der Waals surface area (Å²) in [4.78, 5) is 22.5. The number of nitrogens with zero attached hydrogens (tertiary/aromatic N) is 2. The van der Waals surface area contributed by atoms with E-state index in [2.05, 4.69) is 10.6 Å². The number of amides is 1. The van der Waals surface area contributed by atoms with Crippen molar-refractivity contribution in [2.45, 2.75) is 6.92 Å². The first-order valence-corrected chi connectivity index (χ1v) is 7.13. The summed E-state index contributed by atoms with van der Waals surface area (Å²) in [5.74, 6) is -0.844. The van der Waals surface area contributed by atoms with E-state index >= 15 is 0 Å². The quantitative estimate of drug-likeness (QED) is 0.253. The lowest BCUT2D eigenvalue weighted by molar-refractivity contribution is -0.383. The fourth-order valence-electron chi connectivity index (χ4n) is 1.99. The van der Waals surface area contributed by atoms with E-state index in [1.807, 2.05) is 0 Å². The van der Waals surface area contributed by atoms with E-state index in [0.717, 1.165) is 11.8 Å². The van der Waals surface area contributed by atoms with Crippen molar-refractivity contribution < 1.29 is 14.8 Å². The summed E-state index contributed by atoms with van der Waals surface area (Å²) in [6.07, 6.45) is 1.12. The first kappa shape index (κ1) is 17.5. The molecule has 2 rings (SSSR count). The predicted molar refractivity (Wildman–Crippen MR) is 91.9 cm³/mol. The van der Waals surface area contributed by atoms with Crippen LogP contribution in [-0.4, -0.2) is 15.9 Å². The molecule has 0 spiro atoms. The van der Waals surface area contributed by atoms with Crippen LogP contribution in [0.15, 0.2) is 54.2 Å². The SMILES string of the molecule is Cc1ccc(N/C=C(/C#N)C(=O)Nc2ccccc2[N+](=O)[O-])c(O)c1. The molecule has 0 aromatic heterocycles. The molecule has 8 nitrogen and oxygen atoms in total. The van der Waals surface area contributed by atoms with Crippen molar-refractivity contribution in [2.75, 3.05) is 10.6 Å². The molecular formula is C17H14N4O4. The number of nitrogens with one attached hydrogen (secondary N) is 2. The zero-order valence-corrected chi connectivity index (χ0v) is 13.2. The van der Waals surface area contributed by atoms with E-state index in [1.54, 1.807) is 25.1 Å². The average molecular weight is 338 g/mol. The maximum Gasteiger partial charge on any atom is 0.292 e. The third kappa shape index (κ3) is 4.33. The number of aromatic hydroxyl groups is 1. The number of hydrogen-bond donors (Lipinski definition) is 3. The highest BCUT2D eigenvalue weighted by Crippen LogP contribution is 2.25. The summed E-state index contributed by atoms with van der Waals surface area (Å²) < 4.78 is 0. The Morgan fingerprint density at radius 1 is 1.28 bits per heavy atom. The average Bonchev–Trinajstić information content (AvgIpc) is 2.57. The zero-order chi connectivity index (χ0) is 18.4. The third-order valence-electron chi connectivity index (χ3n) is 3.24. The van der Waals surface area contributed by atoms with Crippen molar-refractivity contribution in [3.63, 3.8) is 0 Å². The number of nitro groups is 1. The topological polar surface area (TPSA) is 128 Å². The molecular weight excluding hydrogens is 324 g/mol. The van der Waals surface area contributed by atoms with Crippen LogP contribution in [0.4, 0.5) is 17.1 Å². The summed E-state index contributed by atoms with van der Waals surface area (Å²) in [7, 11) is 0. The van der Waals surface area contributed by atoms with Crippen molar-refractivity contribution in [3.05, 3.63) is 69.9 Å². The molecule has 0 bridgehead atoms. The van der Waals surface area contributed by atoms with Gasteiger partial charge in [-0.15, -0.1) is 0 Å². The monoisotopic (exact) mass is 338 g/mol. The van der Waals surface area contributed by atoms with Gasteiger partial charge in [-0.2, -0.15) is 5.26 Å². The van der Waals surface area contributed by atoms with Crippen LogP contribution in [-0.2, 0) is 4.79 Å². The normalized spacial score (nSPS) is 10.6. The van der Waals surface area contributed by atoms with Crippen LogP contribution in [0.1, 0.15) is 5.56 Å². The van der Waals surface area contributed by atoms with Gasteiger partial charge in [0.2, 0.25) is 0 Å². The number of phenolic OH excluding ortho intramolecular Hbond substituents is 1. The van der Waals surface area contributed by atoms with Crippen LogP contribution < -0.4 is 10.6 Å². The molecule has 126 valence electrons. The number of rotatable bonds is 5. The Labute approximate surface area is 143 Å². The number of nitriles is 1. The van der Waals surface area contributed by atoms with Gasteiger partial charge in [0.05, 0.1) is 10.6 Å². The van der Waals surface area contributed by atoms with Crippen LogP contribution in [0, 0.1) is 28.4 Å². The Bertz CT molecular complexity index is 900. The summed E-state index contributed by atoms with van der Waals surface area (Å²) in [5.41, 5.74) is 0.561. The highest BCUT2D eigenvalue weighted by Gasteiger charge is 2.17. The van der Waals surface area contributed by atoms with Crippen molar-refractivity contribution in [1.82, 2.24) is 0 Å². The van der Waals surface area contributed by atoms with Gasteiger partial charge in [-0.1, -0.05) is 18.2 Å². The van der Waals surface area contributed by atoms with Crippen molar-refractivity contribution >= 4 is 23.0 Å². The van der Waals surface area contributed by atoms with E-state index in [1.165, 1.54) is 30.3 Å². The van der Waals surface area contributed by atoms with E-state index in [4.69, 9.17) is 5.26 Å². The second-order valence-corrected chi connectivity index (χ2v) is 5.06. The van der Waals surface area contributed by atoms with Crippen LogP contribution in [0.2, 0.25) is 0 Å². The van der Waals surface area contributed by atoms with Crippen LogP contribution in [0.5, 0.6) is 5.75 Å². The lowest BCUT2D eigenvalue weighted by atomic mass is 10.2. The molecule has 0 heterocycles. The number of carbonyl (C=O) groups is 1. The van der Waals surface area contributed by atoms with E-state index in [0.29, 0.717) is 5.69 Å². The zero-order valence-electron chi connectivity index (χ0n) is 13.2. The molecule has 0 aliphatic carbocycles. The number of nitro benzene ring substituents is 1. The van der Waals surface area contributed by atoms with Gasteiger partial charge in [-0.25, -0.2) is 0 Å².